The van der Waals surface area contributed by atoms with Crippen molar-refractivity contribution in [3.05, 3.63) is 35.4 Å². The van der Waals surface area contributed by atoms with E-state index in [1.54, 1.807) is 6.07 Å². The SMILES string of the molecule is CC(C)CC(C)OCCC(=O)N1CCc2ccccc2C1C(=O)O. The number of amides is 1. The number of carbonyl (C=O) groups is 2. The van der Waals surface area contributed by atoms with Gasteiger partial charge in [-0.15, -0.1) is 0 Å². The minimum atomic E-state index is -0.982. The standard InChI is InChI=1S/C19H27NO4/c1-13(2)12-14(3)24-11-9-17(21)20-10-8-15-6-4-5-7-16(15)18(20)19(22)23/h4-7,13-14,18H,8-12H2,1-3H3,(H,22,23). The van der Waals surface area contributed by atoms with Crippen molar-refractivity contribution in [1.82, 2.24) is 4.90 Å². The van der Waals surface area contributed by atoms with Gasteiger partial charge in [-0.25, -0.2) is 4.79 Å². The first-order chi connectivity index (χ1) is 11.4. The maximum absolute atomic E-state index is 12.5. The summed E-state index contributed by atoms with van der Waals surface area (Å²) in [4.78, 5) is 25.7. The molecule has 2 atom stereocenters. The highest BCUT2D eigenvalue weighted by Crippen LogP contribution is 2.30. The minimum absolute atomic E-state index is 0.107. The molecule has 1 amide bonds. The van der Waals surface area contributed by atoms with E-state index in [-0.39, 0.29) is 18.4 Å². The molecule has 132 valence electrons. The van der Waals surface area contributed by atoms with Crippen LogP contribution in [-0.2, 0) is 20.7 Å². The van der Waals surface area contributed by atoms with E-state index in [0.29, 0.717) is 25.5 Å². The lowest BCUT2D eigenvalue weighted by atomic mass is 9.92. The summed E-state index contributed by atoms with van der Waals surface area (Å²) >= 11 is 0. The van der Waals surface area contributed by atoms with Gasteiger partial charge in [-0.05, 0) is 36.8 Å². The van der Waals surface area contributed by atoms with Crippen molar-refractivity contribution >= 4 is 11.9 Å². The van der Waals surface area contributed by atoms with Crippen LogP contribution >= 0.6 is 0 Å². The van der Waals surface area contributed by atoms with Crippen molar-refractivity contribution in [3.63, 3.8) is 0 Å². The van der Waals surface area contributed by atoms with Gasteiger partial charge in [-0.1, -0.05) is 38.1 Å². The van der Waals surface area contributed by atoms with Gasteiger partial charge in [-0.2, -0.15) is 0 Å². The first kappa shape index (κ1) is 18.5. The van der Waals surface area contributed by atoms with E-state index >= 15 is 0 Å². The Bertz CT molecular complexity index is 584. The van der Waals surface area contributed by atoms with Crippen LogP contribution in [0.1, 0.15) is 50.8 Å². The second kappa shape index (κ2) is 8.29. The molecule has 1 aliphatic heterocycles. The number of carboxylic acids is 1. The largest absolute Gasteiger partial charge is 0.479 e. The Labute approximate surface area is 143 Å². The van der Waals surface area contributed by atoms with Gasteiger partial charge in [0.15, 0.2) is 6.04 Å². The topological polar surface area (TPSA) is 66.8 Å². The number of rotatable bonds is 7. The number of aliphatic carboxylic acids is 1. The van der Waals surface area contributed by atoms with Crippen LogP contribution in [0.3, 0.4) is 0 Å². The van der Waals surface area contributed by atoms with E-state index in [4.69, 9.17) is 4.74 Å². The number of carbonyl (C=O) groups excluding carboxylic acids is 1. The Morgan fingerprint density at radius 3 is 2.67 bits per heavy atom. The highest BCUT2D eigenvalue weighted by Gasteiger charge is 2.35. The van der Waals surface area contributed by atoms with E-state index in [1.165, 1.54) is 4.90 Å². The predicted molar refractivity (Wildman–Crippen MR) is 91.7 cm³/mol. The number of ether oxygens (including phenoxy) is 1. The average Bonchev–Trinajstić information content (AvgIpc) is 2.52. The molecule has 5 heteroatoms. The molecular weight excluding hydrogens is 306 g/mol. The second-order valence-electron chi connectivity index (χ2n) is 6.84. The summed E-state index contributed by atoms with van der Waals surface area (Å²) in [7, 11) is 0. The van der Waals surface area contributed by atoms with Crippen molar-refractivity contribution in [3.8, 4) is 0 Å². The first-order valence-corrected chi connectivity index (χ1v) is 8.61. The van der Waals surface area contributed by atoms with Gasteiger partial charge < -0.3 is 14.7 Å². The Morgan fingerprint density at radius 2 is 2.00 bits per heavy atom. The van der Waals surface area contributed by atoms with Gasteiger partial charge in [-0.3, -0.25) is 4.79 Å². The van der Waals surface area contributed by atoms with Crippen LogP contribution in [0.2, 0.25) is 0 Å². The van der Waals surface area contributed by atoms with E-state index in [0.717, 1.165) is 17.5 Å². The highest BCUT2D eigenvalue weighted by atomic mass is 16.5. The van der Waals surface area contributed by atoms with Crippen LogP contribution in [-0.4, -0.2) is 41.1 Å². The van der Waals surface area contributed by atoms with Gasteiger partial charge in [0.1, 0.15) is 0 Å². The van der Waals surface area contributed by atoms with Crippen molar-refractivity contribution in [2.45, 2.75) is 52.2 Å². The van der Waals surface area contributed by atoms with Crippen molar-refractivity contribution in [2.24, 2.45) is 5.92 Å². The third-order valence-corrected chi connectivity index (χ3v) is 4.36. The molecular formula is C19H27NO4. The number of hydrogen-bond donors (Lipinski definition) is 1. The zero-order valence-corrected chi connectivity index (χ0v) is 14.7. The molecule has 5 nitrogen and oxygen atoms in total. The van der Waals surface area contributed by atoms with Crippen LogP contribution in [0.15, 0.2) is 24.3 Å². The third-order valence-electron chi connectivity index (χ3n) is 4.36. The fraction of sp³-hybridized carbons (Fsp3) is 0.579. The van der Waals surface area contributed by atoms with Gasteiger partial charge in [0.2, 0.25) is 5.91 Å². The van der Waals surface area contributed by atoms with Crippen LogP contribution in [0.5, 0.6) is 0 Å². The summed E-state index contributed by atoms with van der Waals surface area (Å²) in [5, 5.41) is 9.59. The molecule has 0 saturated heterocycles. The Hall–Kier alpha value is -1.88. The normalized spacial score (nSPS) is 18.3. The zero-order chi connectivity index (χ0) is 17.7. The van der Waals surface area contributed by atoms with Crippen molar-refractivity contribution in [1.29, 1.82) is 0 Å². The molecule has 1 N–H and O–H groups in total. The molecule has 1 heterocycles. The number of hydrogen-bond acceptors (Lipinski definition) is 3. The fourth-order valence-electron chi connectivity index (χ4n) is 3.32. The molecule has 0 spiro atoms. The molecule has 0 radical (unpaired) electrons. The van der Waals surface area contributed by atoms with E-state index in [1.807, 2.05) is 25.1 Å². The molecule has 2 unspecified atom stereocenters. The molecule has 0 fully saturated rings. The van der Waals surface area contributed by atoms with Crippen LogP contribution in [0.4, 0.5) is 0 Å². The van der Waals surface area contributed by atoms with Crippen LogP contribution in [0, 0.1) is 5.92 Å². The number of benzene rings is 1. The van der Waals surface area contributed by atoms with Gasteiger partial charge in [0.25, 0.3) is 0 Å². The second-order valence-corrected chi connectivity index (χ2v) is 6.84. The Balaban J connectivity index is 1.98. The van der Waals surface area contributed by atoms with E-state index < -0.39 is 12.0 Å². The summed E-state index contributed by atoms with van der Waals surface area (Å²) < 4.78 is 5.68. The molecule has 0 saturated carbocycles. The first-order valence-electron chi connectivity index (χ1n) is 8.61. The highest BCUT2D eigenvalue weighted by molar-refractivity contribution is 5.85. The van der Waals surface area contributed by atoms with Gasteiger partial charge >= 0.3 is 5.97 Å². The van der Waals surface area contributed by atoms with Gasteiger partial charge in [0.05, 0.1) is 19.1 Å². The van der Waals surface area contributed by atoms with Gasteiger partial charge in [0, 0.05) is 6.54 Å². The summed E-state index contributed by atoms with van der Waals surface area (Å²) in [6.45, 7) is 7.04. The molecule has 1 aromatic carbocycles. The quantitative estimate of drug-likeness (QED) is 0.833. The Kier molecular flexibility index (Phi) is 6.37. The summed E-state index contributed by atoms with van der Waals surface area (Å²) in [5.74, 6) is -0.594. The summed E-state index contributed by atoms with van der Waals surface area (Å²) in [5.41, 5.74) is 1.73. The third kappa shape index (κ3) is 4.57. The molecule has 2 rings (SSSR count). The Morgan fingerprint density at radius 1 is 1.29 bits per heavy atom. The molecule has 24 heavy (non-hydrogen) atoms. The lowest BCUT2D eigenvalue weighted by Crippen LogP contribution is -2.43. The zero-order valence-electron chi connectivity index (χ0n) is 14.7. The number of fused-ring (bicyclic) bond motifs is 1. The molecule has 0 aromatic heterocycles. The van der Waals surface area contributed by atoms with Crippen LogP contribution < -0.4 is 0 Å². The summed E-state index contributed by atoms with van der Waals surface area (Å²) in [6, 6.07) is 6.56. The average molecular weight is 333 g/mol. The fourth-order valence-corrected chi connectivity index (χ4v) is 3.32. The molecule has 0 bridgehead atoms. The monoisotopic (exact) mass is 333 g/mol. The molecule has 1 aromatic rings. The summed E-state index contributed by atoms with van der Waals surface area (Å²) in [6.07, 6.45) is 1.96. The minimum Gasteiger partial charge on any atom is -0.479 e. The van der Waals surface area contributed by atoms with E-state index in [2.05, 4.69) is 13.8 Å². The maximum atomic E-state index is 12.5. The smallest absolute Gasteiger partial charge is 0.331 e. The molecule has 1 aliphatic rings. The van der Waals surface area contributed by atoms with E-state index in [9.17, 15) is 14.7 Å². The lowest BCUT2D eigenvalue weighted by Gasteiger charge is -2.35. The molecule has 0 aliphatic carbocycles. The van der Waals surface area contributed by atoms with Crippen LogP contribution in [0.25, 0.3) is 0 Å². The maximum Gasteiger partial charge on any atom is 0.331 e. The van der Waals surface area contributed by atoms with Crippen molar-refractivity contribution < 1.29 is 19.4 Å². The van der Waals surface area contributed by atoms with Crippen molar-refractivity contribution in [2.75, 3.05) is 13.2 Å². The number of carboxylic acid groups (broad SMARTS) is 1. The predicted octanol–water partition coefficient (Wildman–Crippen LogP) is 3.04. The number of nitrogens with zero attached hydrogens (tertiary/aromatic N) is 1. The lowest BCUT2D eigenvalue weighted by molar-refractivity contribution is -0.151.